The van der Waals surface area contributed by atoms with E-state index in [2.05, 4.69) is 23.9 Å². The third-order valence-corrected chi connectivity index (χ3v) is 7.75. The van der Waals surface area contributed by atoms with E-state index in [9.17, 15) is 14.4 Å². The maximum atomic E-state index is 14.1. The van der Waals surface area contributed by atoms with Gasteiger partial charge in [-0.2, -0.15) is 9.78 Å². The number of anilines is 2. The zero-order valence-corrected chi connectivity index (χ0v) is 23.3. The largest absolute Gasteiger partial charge is 0.310 e. The number of rotatable bonds is 3. The lowest BCUT2D eigenvalue weighted by molar-refractivity contribution is -0.118. The first-order chi connectivity index (χ1) is 19.1. The molecule has 1 atom stereocenters. The predicted octanol–water partition coefficient (Wildman–Crippen LogP) is 5.84. The van der Waals surface area contributed by atoms with E-state index in [1.165, 1.54) is 11.6 Å². The van der Waals surface area contributed by atoms with Crippen LogP contribution < -0.4 is 10.5 Å². The number of H-pyrrole nitrogens is 1. The van der Waals surface area contributed by atoms with Gasteiger partial charge in [0.25, 0.3) is 5.56 Å². The molecule has 1 unspecified atom stereocenters. The van der Waals surface area contributed by atoms with E-state index in [1.807, 2.05) is 72.5 Å². The Balaban J connectivity index is 1.78. The molecule has 0 spiro atoms. The van der Waals surface area contributed by atoms with Crippen molar-refractivity contribution >= 4 is 23.3 Å². The standard InChI is InChI=1S/C32H31N5O3/c1-18-25(21-12-8-6-9-13-21)31(37(35-18)20(3)38)36-23-16-32(4,5)17-24(39)27(23)26(22-14-10-7-11-15-22)28-29(36)33-19(2)34-30(28)40/h6-15,26H,16-17H2,1-5H3,(H,33,34,40). The van der Waals surface area contributed by atoms with E-state index in [0.29, 0.717) is 47.1 Å². The maximum absolute atomic E-state index is 14.1. The minimum atomic E-state index is -0.585. The van der Waals surface area contributed by atoms with Crippen molar-refractivity contribution in [2.24, 2.45) is 5.41 Å². The number of ketones is 1. The number of nitrogens with one attached hydrogen (secondary N) is 1. The predicted molar refractivity (Wildman–Crippen MR) is 154 cm³/mol. The van der Waals surface area contributed by atoms with Crippen molar-refractivity contribution < 1.29 is 9.59 Å². The average Bonchev–Trinajstić information content (AvgIpc) is 3.24. The van der Waals surface area contributed by atoms with Crippen molar-refractivity contribution in [1.29, 1.82) is 0 Å². The molecular weight excluding hydrogens is 502 g/mol. The van der Waals surface area contributed by atoms with E-state index in [-0.39, 0.29) is 22.7 Å². The second-order valence-corrected chi connectivity index (χ2v) is 11.4. The number of aryl methyl sites for hydroxylation is 2. The molecule has 1 N–H and O–H groups in total. The van der Waals surface area contributed by atoms with Gasteiger partial charge in [-0.3, -0.25) is 19.3 Å². The Morgan fingerprint density at radius 3 is 2.27 bits per heavy atom. The van der Waals surface area contributed by atoms with Gasteiger partial charge in [-0.15, -0.1) is 0 Å². The highest BCUT2D eigenvalue weighted by Gasteiger charge is 2.47. The van der Waals surface area contributed by atoms with E-state index in [0.717, 1.165) is 22.4 Å². The van der Waals surface area contributed by atoms with E-state index in [1.54, 1.807) is 6.92 Å². The fourth-order valence-electron chi connectivity index (χ4n) is 6.20. The Kier molecular flexibility index (Phi) is 5.94. The lowest BCUT2D eigenvalue weighted by atomic mass is 9.68. The van der Waals surface area contributed by atoms with E-state index < -0.39 is 5.92 Å². The summed E-state index contributed by atoms with van der Waals surface area (Å²) < 4.78 is 1.37. The number of hydrogen-bond donors (Lipinski definition) is 1. The Morgan fingerprint density at radius 1 is 0.975 bits per heavy atom. The van der Waals surface area contributed by atoms with Crippen molar-refractivity contribution in [3.63, 3.8) is 0 Å². The third-order valence-electron chi connectivity index (χ3n) is 7.75. The van der Waals surface area contributed by atoms with Gasteiger partial charge in [0.1, 0.15) is 11.6 Å². The highest BCUT2D eigenvalue weighted by atomic mass is 16.2. The number of aromatic amines is 1. The lowest BCUT2D eigenvalue weighted by Crippen LogP contribution is -2.41. The van der Waals surface area contributed by atoms with Gasteiger partial charge in [-0.05, 0) is 36.8 Å². The second kappa shape index (κ2) is 9.26. The van der Waals surface area contributed by atoms with Crippen LogP contribution in [-0.2, 0) is 4.79 Å². The summed E-state index contributed by atoms with van der Waals surface area (Å²) in [5.41, 5.74) is 4.19. The first kappa shape index (κ1) is 25.7. The molecule has 0 saturated carbocycles. The average molecular weight is 534 g/mol. The summed E-state index contributed by atoms with van der Waals surface area (Å²) in [5, 5.41) is 4.65. The van der Waals surface area contributed by atoms with E-state index >= 15 is 0 Å². The fraction of sp³-hybridized carbons (Fsp3) is 0.281. The molecule has 202 valence electrons. The normalized spacial score (nSPS) is 18.0. The van der Waals surface area contributed by atoms with Crippen molar-refractivity contribution in [3.05, 3.63) is 105 Å². The van der Waals surface area contributed by atoms with Gasteiger partial charge in [0.2, 0.25) is 5.91 Å². The highest BCUT2D eigenvalue weighted by molar-refractivity contribution is 6.03. The molecule has 0 fully saturated rings. The molecule has 0 bridgehead atoms. The third kappa shape index (κ3) is 4.02. The van der Waals surface area contributed by atoms with Crippen LogP contribution in [0.1, 0.15) is 67.0 Å². The minimum Gasteiger partial charge on any atom is -0.310 e. The van der Waals surface area contributed by atoms with E-state index in [4.69, 9.17) is 4.98 Å². The quantitative estimate of drug-likeness (QED) is 0.355. The smallest absolute Gasteiger partial charge is 0.257 e. The van der Waals surface area contributed by atoms with Crippen LogP contribution >= 0.6 is 0 Å². The highest BCUT2D eigenvalue weighted by Crippen LogP contribution is 2.53. The summed E-state index contributed by atoms with van der Waals surface area (Å²) in [6.07, 6.45) is 0.910. The van der Waals surface area contributed by atoms with Crippen molar-refractivity contribution in [2.45, 2.75) is 53.4 Å². The first-order valence-electron chi connectivity index (χ1n) is 13.5. The fourth-order valence-corrected chi connectivity index (χ4v) is 6.20. The molecule has 0 saturated heterocycles. The molecule has 1 aliphatic carbocycles. The van der Waals surface area contributed by atoms with Crippen molar-refractivity contribution in [1.82, 2.24) is 19.7 Å². The summed E-state index contributed by atoms with van der Waals surface area (Å²) >= 11 is 0. The van der Waals surface area contributed by atoms with Crippen LogP contribution in [0, 0.1) is 19.3 Å². The molecule has 2 aromatic carbocycles. The Hall–Kier alpha value is -4.59. The van der Waals surface area contributed by atoms with Crippen LogP contribution in [0.2, 0.25) is 0 Å². The maximum Gasteiger partial charge on any atom is 0.257 e. The molecule has 3 heterocycles. The lowest BCUT2D eigenvalue weighted by Gasteiger charge is -2.43. The number of fused-ring (bicyclic) bond motifs is 1. The van der Waals surface area contributed by atoms with Gasteiger partial charge in [-0.1, -0.05) is 74.5 Å². The topological polar surface area (TPSA) is 101 Å². The van der Waals surface area contributed by atoms with Crippen LogP contribution in [-0.4, -0.2) is 31.4 Å². The number of aromatic nitrogens is 4. The van der Waals surface area contributed by atoms with Crippen LogP contribution in [0.15, 0.2) is 76.7 Å². The van der Waals surface area contributed by atoms with Crippen LogP contribution in [0.3, 0.4) is 0 Å². The van der Waals surface area contributed by atoms with Crippen molar-refractivity contribution in [2.75, 3.05) is 4.90 Å². The van der Waals surface area contributed by atoms with Gasteiger partial charge >= 0.3 is 0 Å². The molecule has 6 rings (SSSR count). The number of nitrogens with zero attached hydrogens (tertiary/aromatic N) is 4. The first-order valence-corrected chi connectivity index (χ1v) is 13.5. The van der Waals surface area contributed by atoms with Gasteiger partial charge in [0, 0.05) is 36.1 Å². The molecule has 40 heavy (non-hydrogen) atoms. The zero-order chi connectivity index (χ0) is 28.3. The molecule has 1 aliphatic heterocycles. The SMILES string of the molecule is CC(=O)n1nc(C)c(-c2ccccc2)c1N1C2=C(C(=O)CC(C)(C)C2)C(c2ccccc2)c2c1nc(C)[nH]c2=O. The summed E-state index contributed by atoms with van der Waals surface area (Å²) in [6, 6.07) is 19.4. The van der Waals surface area contributed by atoms with Crippen LogP contribution in [0.4, 0.5) is 11.6 Å². The summed E-state index contributed by atoms with van der Waals surface area (Å²) in [4.78, 5) is 50.6. The number of hydrogen-bond acceptors (Lipinski definition) is 6. The number of carbonyl (C=O) groups is 2. The number of carbonyl (C=O) groups excluding carboxylic acids is 2. The van der Waals surface area contributed by atoms with Crippen LogP contribution in [0.5, 0.6) is 0 Å². The number of benzene rings is 2. The molecule has 8 heteroatoms. The molecule has 2 aromatic heterocycles. The molecular formula is C32H31N5O3. The second-order valence-electron chi connectivity index (χ2n) is 11.4. The van der Waals surface area contributed by atoms with Gasteiger partial charge < -0.3 is 4.98 Å². The Bertz CT molecular complexity index is 1760. The molecule has 8 nitrogen and oxygen atoms in total. The summed E-state index contributed by atoms with van der Waals surface area (Å²) in [7, 11) is 0. The molecule has 4 aromatic rings. The minimum absolute atomic E-state index is 0.0115. The molecule has 2 aliphatic rings. The number of Topliss-reactive ketones (excluding diaryl/α,β-unsaturated/α-hetero) is 1. The molecule has 0 radical (unpaired) electrons. The molecule has 0 amide bonds. The Morgan fingerprint density at radius 2 is 1.62 bits per heavy atom. The monoisotopic (exact) mass is 533 g/mol. The zero-order valence-electron chi connectivity index (χ0n) is 23.3. The van der Waals surface area contributed by atoms with Gasteiger partial charge in [0.05, 0.1) is 11.3 Å². The van der Waals surface area contributed by atoms with Gasteiger partial charge in [-0.25, -0.2) is 4.98 Å². The van der Waals surface area contributed by atoms with Crippen LogP contribution in [0.25, 0.3) is 11.1 Å². The van der Waals surface area contributed by atoms with Crippen molar-refractivity contribution in [3.8, 4) is 11.1 Å². The van der Waals surface area contributed by atoms with Gasteiger partial charge in [0.15, 0.2) is 11.6 Å². The summed E-state index contributed by atoms with van der Waals surface area (Å²) in [5.74, 6) is 0.467. The Labute approximate surface area is 232 Å². The summed E-state index contributed by atoms with van der Waals surface area (Å²) in [6.45, 7) is 9.21. The number of allylic oxidation sites excluding steroid dienone is 2.